The Morgan fingerprint density at radius 1 is 1.41 bits per heavy atom. The van der Waals surface area contributed by atoms with Crippen molar-refractivity contribution in [1.82, 2.24) is 4.90 Å². The quantitative estimate of drug-likeness (QED) is 0.547. The first-order chi connectivity index (χ1) is 7.81. The zero-order valence-electron chi connectivity index (χ0n) is 11.1. The predicted octanol–water partition coefficient (Wildman–Crippen LogP) is 1.97. The molecule has 0 unspecified atom stereocenters. The summed E-state index contributed by atoms with van der Waals surface area (Å²) >= 11 is 0. The van der Waals surface area contributed by atoms with E-state index in [2.05, 4.69) is 0 Å². The topological polar surface area (TPSA) is 55.8 Å². The molecule has 5 nitrogen and oxygen atoms in total. The van der Waals surface area contributed by atoms with E-state index in [0.717, 1.165) is 0 Å². The summed E-state index contributed by atoms with van der Waals surface area (Å²) < 4.78 is 9.98. The van der Waals surface area contributed by atoms with Gasteiger partial charge in [-0.1, -0.05) is 0 Å². The number of carbonyl (C=O) groups is 2. The Bertz CT molecular complexity index is 281. The van der Waals surface area contributed by atoms with Crippen molar-refractivity contribution in [2.24, 2.45) is 0 Å². The van der Waals surface area contributed by atoms with Gasteiger partial charge in [0.15, 0.2) is 0 Å². The van der Waals surface area contributed by atoms with Crippen molar-refractivity contribution in [3.8, 4) is 0 Å². The van der Waals surface area contributed by atoms with E-state index in [4.69, 9.17) is 9.47 Å². The maximum atomic E-state index is 11.8. The maximum Gasteiger partial charge on any atom is 0.411 e. The van der Waals surface area contributed by atoms with E-state index in [-0.39, 0.29) is 12.6 Å². The summed E-state index contributed by atoms with van der Waals surface area (Å²) in [5.74, 6) is 0. The van der Waals surface area contributed by atoms with Crippen LogP contribution in [0, 0.1) is 0 Å². The molecule has 0 saturated heterocycles. The molecule has 0 aromatic heterocycles. The number of carbonyl (C=O) groups excluding carboxylic acids is 2. The SMILES string of the molecule is COC=C[C@H](C)N(CC=O)C(=O)OC(C)(C)C. The molecule has 0 N–H and O–H groups in total. The van der Waals surface area contributed by atoms with E-state index in [9.17, 15) is 9.59 Å². The predicted molar refractivity (Wildman–Crippen MR) is 64.6 cm³/mol. The Kier molecular flexibility index (Phi) is 6.31. The third-order valence-electron chi connectivity index (χ3n) is 1.88. The van der Waals surface area contributed by atoms with Crippen LogP contribution < -0.4 is 0 Å². The third kappa shape index (κ3) is 6.60. The molecular formula is C12H21NO4. The minimum Gasteiger partial charge on any atom is -0.505 e. The van der Waals surface area contributed by atoms with Crippen LogP contribution in [0.25, 0.3) is 0 Å². The molecule has 0 bridgehead atoms. The van der Waals surface area contributed by atoms with E-state index in [1.165, 1.54) is 18.3 Å². The van der Waals surface area contributed by atoms with Gasteiger partial charge in [-0.05, 0) is 33.8 Å². The van der Waals surface area contributed by atoms with Crippen LogP contribution in [0.4, 0.5) is 4.79 Å². The summed E-state index contributed by atoms with van der Waals surface area (Å²) in [6.45, 7) is 7.10. The molecule has 0 aliphatic rings. The number of aldehydes is 1. The molecule has 17 heavy (non-hydrogen) atoms. The number of hydrogen-bond acceptors (Lipinski definition) is 4. The number of methoxy groups -OCH3 is 1. The highest BCUT2D eigenvalue weighted by atomic mass is 16.6. The van der Waals surface area contributed by atoms with Crippen molar-refractivity contribution in [1.29, 1.82) is 0 Å². The monoisotopic (exact) mass is 243 g/mol. The summed E-state index contributed by atoms with van der Waals surface area (Å²) in [5, 5.41) is 0. The first-order valence-electron chi connectivity index (χ1n) is 5.44. The van der Waals surface area contributed by atoms with Gasteiger partial charge in [0.25, 0.3) is 0 Å². The van der Waals surface area contributed by atoms with E-state index < -0.39 is 11.7 Å². The molecule has 0 aliphatic carbocycles. The number of nitrogens with zero attached hydrogens (tertiary/aromatic N) is 1. The van der Waals surface area contributed by atoms with Crippen LogP contribution in [0.3, 0.4) is 0 Å². The normalized spacial score (nSPS) is 13.2. The molecule has 0 fully saturated rings. The minimum atomic E-state index is -0.580. The Hall–Kier alpha value is -1.52. The number of hydrogen-bond donors (Lipinski definition) is 0. The van der Waals surface area contributed by atoms with Crippen LogP contribution in [0.5, 0.6) is 0 Å². The minimum absolute atomic E-state index is 0.00979. The number of amides is 1. The fourth-order valence-electron chi connectivity index (χ4n) is 1.10. The van der Waals surface area contributed by atoms with E-state index in [1.807, 2.05) is 0 Å². The Morgan fingerprint density at radius 2 is 2.00 bits per heavy atom. The van der Waals surface area contributed by atoms with E-state index in [1.54, 1.807) is 33.8 Å². The lowest BCUT2D eigenvalue weighted by Gasteiger charge is -2.28. The second-order valence-electron chi connectivity index (χ2n) is 4.60. The van der Waals surface area contributed by atoms with Gasteiger partial charge in [0.1, 0.15) is 11.9 Å². The molecule has 0 heterocycles. The molecule has 1 atom stereocenters. The van der Waals surface area contributed by atoms with Crippen LogP contribution in [-0.4, -0.2) is 42.6 Å². The van der Waals surface area contributed by atoms with Gasteiger partial charge in [-0.25, -0.2) is 4.79 Å². The summed E-state index contributed by atoms with van der Waals surface area (Å²) in [6, 6.07) is -0.269. The number of rotatable bonds is 5. The summed E-state index contributed by atoms with van der Waals surface area (Å²) in [4.78, 5) is 23.7. The van der Waals surface area contributed by atoms with Gasteiger partial charge in [0.2, 0.25) is 0 Å². The van der Waals surface area contributed by atoms with Gasteiger partial charge in [0.05, 0.1) is 26.0 Å². The van der Waals surface area contributed by atoms with Crippen molar-refractivity contribution in [3.63, 3.8) is 0 Å². The van der Waals surface area contributed by atoms with Crippen LogP contribution in [-0.2, 0) is 14.3 Å². The molecule has 0 aliphatic heterocycles. The van der Waals surface area contributed by atoms with Gasteiger partial charge >= 0.3 is 6.09 Å². The Morgan fingerprint density at radius 3 is 2.41 bits per heavy atom. The first-order valence-corrected chi connectivity index (χ1v) is 5.44. The second-order valence-corrected chi connectivity index (χ2v) is 4.60. The number of ether oxygens (including phenoxy) is 2. The lowest BCUT2D eigenvalue weighted by atomic mass is 10.2. The van der Waals surface area contributed by atoms with Crippen LogP contribution in [0.15, 0.2) is 12.3 Å². The van der Waals surface area contributed by atoms with Crippen molar-refractivity contribution in [2.75, 3.05) is 13.7 Å². The molecule has 0 spiro atoms. The molecule has 1 amide bonds. The molecular weight excluding hydrogens is 222 g/mol. The van der Waals surface area contributed by atoms with Crippen molar-refractivity contribution in [3.05, 3.63) is 12.3 Å². The average molecular weight is 243 g/mol. The molecule has 0 aromatic carbocycles. The van der Waals surface area contributed by atoms with Crippen molar-refractivity contribution >= 4 is 12.4 Å². The molecule has 0 saturated carbocycles. The molecule has 0 radical (unpaired) electrons. The van der Waals surface area contributed by atoms with Gasteiger partial charge < -0.3 is 14.3 Å². The van der Waals surface area contributed by atoms with Crippen LogP contribution in [0.1, 0.15) is 27.7 Å². The maximum absolute atomic E-state index is 11.8. The molecule has 5 heteroatoms. The van der Waals surface area contributed by atoms with Gasteiger partial charge in [-0.3, -0.25) is 4.90 Å². The van der Waals surface area contributed by atoms with Gasteiger partial charge in [-0.2, -0.15) is 0 Å². The smallest absolute Gasteiger partial charge is 0.411 e. The van der Waals surface area contributed by atoms with E-state index in [0.29, 0.717) is 6.29 Å². The lowest BCUT2D eigenvalue weighted by molar-refractivity contribution is -0.109. The zero-order valence-corrected chi connectivity index (χ0v) is 11.1. The highest BCUT2D eigenvalue weighted by Gasteiger charge is 2.24. The third-order valence-corrected chi connectivity index (χ3v) is 1.88. The first kappa shape index (κ1) is 15.5. The summed E-state index contributed by atoms with van der Waals surface area (Å²) in [5.41, 5.74) is -0.580. The molecule has 0 rings (SSSR count). The highest BCUT2D eigenvalue weighted by Crippen LogP contribution is 2.12. The molecule has 98 valence electrons. The highest BCUT2D eigenvalue weighted by molar-refractivity contribution is 5.72. The van der Waals surface area contributed by atoms with Crippen molar-refractivity contribution in [2.45, 2.75) is 39.3 Å². The van der Waals surface area contributed by atoms with Crippen LogP contribution >= 0.6 is 0 Å². The molecule has 0 aromatic rings. The second kappa shape index (κ2) is 6.93. The van der Waals surface area contributed by atoms with Gasteiger partial charge in [0, 0.05) is 0 Å². The van der Waals surface area contributed by atoms with E-state index >= 15 is 0 Å². The summed E-state index contributed by atoms with van der Waals surface area (Å²) in [6.07, 6.45) is 3.29. The van der Waals surface area contributed by atoms with Crippen LogP contribution in [0.2, 0.25) is 0 Å². The van der Waals surface area contributed by atoms with Gasteiger partial charge in [-0.15, -0.1) is 0 Å². The fourth-order valence-corrected chi connectivity index (χ4v) is 1.10. The average Bonchev–Trinajstić information content (AvgIpc) is 2.19. The fraction of sp³-hybridized carbons (Fsp3) is 0.667. The standard InChI is InChI=1S/C12H21NO4/c1-10(6-9-16-5)13(7-8-14)11(15)17-12(2,3)4/h6,8-10H,7H2,1-5H3/t10-/m0/s1. The largest absolute Gasteiger partial charge is 0.505 e. The Labute approximate surface area is 102 Å². The summed E-state index contributed by atoms with van der Waals surface area (Å²) in [7, 11) is 1.51. The van der Waals surface area contributed by atoms with Crippen molar-refractivity contribution < 1.29 is 19.1 Å². The lowest BCUT2D eigenvalue weighted by Crippen LogP contribution is -2.42. The Balaban J connectivity index is 4.66. The zero-order chi connectivity index (χ0) is 13.5.